The quantitative estimate of drug-likeness (QED) is 0.283. The molecule has 189 valence electrons. The van der Waals surface area contributed by atoms with E-state index < -0.39 is 0 Å². The standard InChI is InChI=1S/C9H10.C8H8O.4C2H6.3C2H4.B.H2/c1-2-5-9-7-3-6-8(9)4-1;1-2-4-8-7(3-1)5-6-9-8;7*1-2;;/h1-2,4-5H,3,6-7H2;1-4H,5-6H2;4*1-2H3;3*1-2H2;;1H/i;;;;;;;;;;1+1. The van der Waals surface area contributed by atoms with Crippen molar-refractivity contribution in [1.29, 1.82) is 0 Å². The summed E-state index contributed by atoms with van der Waals surface area (Å²) < 4.78 is 5.30. The summed E-state index contributed by atoms with van der Waals surface area (Å²) in [5.74, 6) is 1.07. The smallest absolute Gasteiger partial charge is 0.122 e. The Morgan fingerprint density at radius 2 is 0.879 bits per heavy atom. The summed E-state index contributed by atoms with van der Waals surface area (Å²) in [5, 5.41) is 0. The highest BCUT2D eigenvalue weighted by Crippen LogP contribution is 2.23. The molecule has 3 radical (unpaired) electrons. The van der Waals surface area contributed by atoms with Gasteiger partial charge in [-0.2, -0.15) is 0 Å². The molecule has 0 unspecified atom stereocenters. The fraction of sp³-hybridized carbons (Fsp3) is 0.419. The van der Waals surface area contributed by atoms with Crippen LogP contribution in [-0.2, 0) is 19.3 Å². The number of aryl methyl sites for hydroxylation is 2. The predicted octanol–water partition coefficient (Wildman–Crippen LogP) is 10.2. The second-order valence-corrected chi connectivity index (χ2v) is 4.83. The first-order valence-corrected chi connectivity index (χ1v) is 12.2. The molecule has 0 spiro atoms. The van der Waals surface area contributed by atoms with E-state index in [1.54, 1.807) is 11.1 Å². The Balaban J connectivity index is -0.0000000550. The summed E-state index contributed by atoms with van der Waals surface area (Å²) in [4.78, 5) is 0. The van der Waals surface area contributed by atoms with Crippen molar-refractivity contribution in [3.05, 3.63) is 105 Å². The SMILES string of the molecule is C=C.C=C.C=C.CC.CC.CC.CC.[2HH].[B].c1ccc2c(c1)CCC2.c1ccc2c(c1)CCO2. The molecule has 0 saturated carbocycles. The molecule has 1 heterocycles. The average molecular weight is 457 g/mol. The van der Waals surface area contributed by atoms with Gasteiger partial charge in [0.2, 0.25) is 0 Å². The maximum Gasteiger partial charge on any atom is 0.122 e. The van der Waals surface area contributed by atoms with E-state index in [1.807, 2.05) is 73.6 Å². The summed E-state index contributed by atoms with van der Waals surface area (Å²) in [6.45, 7) is 34.9. The highest BCUT2D eigenvalue weighted by Gasteiger charge is 2.08. The summed E-state index contributed by atoms with van der Waals surface area (Å²) in [6.07, 6.45) is 5.04. The van der Waals surface area contributed by atoms with Crippen LogP contribution in [0.25, 0.3) is 0 Å². The van der Waals surface area contributed by atoms with E-state index in [0.29, 0.717) is 0 Å². The normalized spacial score (nSPS) is 9.33. The van der Waals surface area contributed by atoms with E-state index in [9.17, 15) is 0 Å². The van der Waals surface area contributed by atoms with Gasteiger partial charge in [0.15, 0.2) is 0 Å². The second kappa shape index (κ2) is 43.4. The lowest BCUT2D eigenvalue weighted by Gasteiger charge is -1.93. The van der Waals surface area contributed by atoms with Crippen molar-refractivity contribution in [2.45, 2.75) is 81.1 Å². The molecule has 2 aromatic carbocycles. The van der Waals surface area contributed by atoms with Crippen molar-refractivity contribution in [3.8, 4) is 5.75 Å². The molecule has 0 atom stereocenters. The van der Waals surface area contributed by atoms with Crippen molar-refractivity contribution >= 4 is 8.41 Å². The van der Waals surface area contributed by atoms with Crippen LogP contribution in [0.2, 0.25) is 0 Å². The first-order valence-electron chi connectivity index (χ1n) is 12.2. The largest absolute Gasteiger partial charge is 0.493 e. The number of benzene rings is 2. The minimum absolute atomic E-state index is 0. The van der Waals surface area contributed by atoms with E-state index in [4.69, 9.17) is 4.74 Å². The van der Waals surface area contributed by atoms with E-state index in [1.165, 1.54) is 24.8 Å². The van der Waals surface area contributed by atoms with Gasteiger partial charge >= 0.3 is 0 Å². The Labute approximate surface area is 212 Å². The molecular weight excluding hydrogens is 399 g/mol. The van der Waals surface area contributed by atoms with Crippen molar-refractivity contribution in [3.63, 3.8) is 0 Å². The van der Waals surface area contributed by atoms with Crippen LogP contribution < -0.4 is 4.74 Å². The number of rotatable bonds is 0. The Morgan fingerprint density at radius 1 is 0.545 bits per heavy atom. The van der Waals surface area contributed by atoms with E-state index in [0.717, 1.165) is 18.8 Å². The summed E-state index contributed by atoms with van der Waals surface area (Å²) >= 11 is 0. The molecule has 1 nitrogen and oxygen atoms in total. The average Bonchev–Trinajstić information content (AvgIpc) is 3.62. The van der Waals surface area contributed by atoms with Gasteiger partial charge in [0.1, 0.15) is 5.75 Å². The topological polar surface area (TPSA) is 9.23 Å². The van der Waals surface area contributed by atoms with Crippen LogP contribution in [0.5, 0.6) is 5.75 Å². The first-order chi connectivity index (χ1) is 15.9. The molecule has 2 aliphatic rings. The third kappa shape index (κ3) is 22.5. The summed E-state index contributed by atoms with van der Waals surface area (Å²) in [5.41, 5.74) is 4.48. The molecule has 2 heteroatoms. The molecule has 4 rings (SSSR count). The van der Waals surface area contributed by atoms with Crippen molar-refractivity contribution in [2.75, 3.05) is 6.61 Å². The van der Waals surface area contributed by atoms with Gasteiger partial charge in [-0.1, -0.05) is 97.9 Å². The fourth-order valence-electron chi connectivity index (χ4n) is 2.64. The van der Waals surface area contributed by atoms with Crippen LogP contribution in [0.3, 0.4) is 0 Å². The van der Waals surface area contributed by atoms with E-state index in [2.05, 4.69) is 69.8 Å². The van der Waals surface area contributed by atoms with Gasteiger partial charge < -0.3 is 4.74 Å². The van der Waals surface area contributed by atoms with Gasteiger partial charge in [0.05, 0.1) is 6.61 Å². The van der Waals surface area contributed by atoms with Gasteiger partial charge in [-0.3, -0.25) is 0 Å². The molecule has 0 saturated heterocycles. The first kappa shape index (κ1) is 44.2. The lowest BCUT2D eigenvalue weighted by Crippen LogP contribution is -1.85. The number of ether oxygens (including phenoxy) is 1. The van der Waals surface area contributed by atoms with Crippen LogP contribution in [0.1, 0.15) is 79.9 Å². The number of hydrogen-bond donors (Lipinski definition) is 0. The Morgan fingerprint density at radius 3 is 1.24 bits per heavy atom. The van der Waals surface area contributed by atoms with Crippen molar-refractivity contribution in [1.82, 2.24) is 0 Å². The van der Waals surface area contributed by atoms with Crippen LogP contribution in [0, 0.1) is 0 Å². The molecule has 33 heavy (non-hydrogen) atoms. The zero-order chi connectivity index (χ0) is 26.2. The van der Waals surface area contributed by atoms with Crippen molar-refractivity contribution < 1.29 is 6.16 Å². The van der Waals surface area contributed by atoms with Crippen LogP contribution in [0.15, 0.2) is 88.0 Å². The second-order valence-electron chi connectivity index (χ2n) is 4.83. The maximum absolute atomic E-state index is 5.30. The van der Waals surface area contributed by atoms with Gasteiger partial charge in [0, 0.05) is 16.3 Å². The Kier molecular flexibility index (Phi) is 58.2. The van der Waals surface area contributed by atoms with Gasteiger partial charge in [0.25, 0.3) is 0 Å². The van der Waals surface area contributed by atoms with Crippen molar-refractivity contribution in [2.24, 2.45) is 0 Å². The highest BCUT2D eigenvalue weighted by atomic mass is 16.5. The fourth-order valence-corrected chi connectivity index (χ4v) is 2.64. The monoisotopic (exact) mass is 456 g/mol. The summed E-state index contributed by atoms with van der Waals surface area (Å²) in [7, 11) is 0. The number of para-hydroxylation sites is 1. The Hall–Kier alpha value is -2.48. The maximum atomic E-state index is 5.30. The van der Waals surface area contributed by atoms with Crippen LogP contribution >= 0.6 is 0 Å². The third-order valence-electron chi connectivity index (χ3n) is 3.61. The molecule has 2 aromatic rings. The molecule has 1 aliphatic carbocycles. The number of fused-ring (bicyclic) bond motifs is 2. The molecule has 0 amide bonds. The molecule has 0 fully saturated rings. The molecule has 0 bridgehead atoms. The zero-order valence-corrected chi connectivity index (χ0v) is 23.4. The molecule has 0 N–H and O–H groups in total. The number of hydrogen-bond acceptors (Lipinski definition) is 1. The molecule has 1 aliphatic heterocycles. The lowest BCUT2D eigenvalue weighted by molar-refractivity contribution is 0.357. The predicted molar refractivity (Wildman–Crippen MR) is 161 cm³/mol. The molecular formula is C31H56BO. The minimum Gasteiger partial charge on any atom is -0.493 e. The van der Waals surface area contributed by atoms with Gasteiger partial charge in [-0.15, -0.1) is 39.5 Å². The minimum atomic E-state index is 0. The van der Waals surface area contributed by atoms with Gasteiger partial charge in [-0.25, -0.2) is 0 Å². The van der Waals surface area contributed by atoms with E-state index >= 15 is 0 Å². The van der Waals surface area contributed by atoms with Crippen LogP contribution in [0.4, 0.5) is 0 Å². The third-order valence-corrected chi connectivity index (χ3v) is 3.61. The summed E-state index contributed by atoms with van der Waals surface area (Å²) in [6, 6.07) is 16.9. The highest BCUT2D eigenvalue weighted by molar-refractivity contribution is 5.75. The molecule has 0 aromatic heterocycles. The van der Waals surface area contributed by atoms with Gasteiger partial charge in [-0.05, 0) is 42.0 Å². The zero-order valence-electron chi connectivity index (χ0n) is 23.4. The van der Waals surface area contributed by atoms with Crippen LogP contribution in [-0.4, -0.2) is 15.0 Å². The van der Waals surface area contributed by atoms with E-state index in [-0.39, 0.29) is 9.84 Å². The Bertz CT molecular complexity index is 487. The lowest BCUT2D eigenvalue weighted by atomic mass is 10.1.